The van der Waals surface area contributed by atoms with Gasteiger partial charge in [0.15, 0.2) is 0 Å². The summed E-state index contributed by atoms with van der Waals surface area (Å²) in [5.74, 6) is 2.18. The van der Waals surface area contributed by atoms with Gasteiger partial charge in [-0.15, -0.1) is 0 Å². The molecule has 0 fully saturated rings. The Kier molecular flexibility index (Phi) is 8.74. The summed E-state index contributed by atoms with van der Waals surface area (Å²) in [6.07, 6.45) is 4.71. The molecule has 0 amide bonds. The van der Waals surface area contributed by atoms with Gasteiger partial charge in [0.2, 0.25) is 0 Å². The molecule has 20 heavy (non-hydrogen) atoms. The number of nitrogens with one attached hydrogen (secondary N) is 1. The number of nitrogens with zero attached hydrogens (tertiary/aromatic N) is 1. The molecule has 0 heterocycles. The first-order chi connectivity index (χ1) is 9.69. The van der Waals surface area contributed by atoms with Crippen LogP contribution in [0.3, 0.4) is 0 Å². The Morgan fingerprint density at radius 1 is 1.30 bits per heavy atom. The molecule has 1 atom stereocenters. The molecule has 0 aromatic heterocycles. The van der Waals surface area contributed by atoms with E-state index in [1.807, 2.05) is 17.8 Å². The van der Waals surface area contributed by atoms with Crippen molar-refractivity contribution in [3.63, 3.8) is 0 Å². The predicted molar refractivity (Wildman–Crippen MR) is 89.9 cm³/mol. The van der Waals surface area contributed by atoms with Crippen molar-refractivity contribution in [2.45, 2.75) is 18.9 Å². The maximum atomic E-state index is 5.31. The topological polar surface area (TPSA) is 24.5 Å². The van der Waals surface area contributed by atoms with E-state index in [0.717, 1.165) is 18.8 Å². The van der Waals surface area contributed by atoms with Gasteiger partial charge in [-0.1, -0.05) is 12.1 Å². The van der Waals surface area contributed by atoms with Crippen LogP contribution in [0.25, 0.3) is 0 Å². The van der Waals surface area contributed by atoms with Crippen molar-refractivity contribution in [3.8, 4) is 5.75 Å². The first-order valence-electron chi connectivity index (χ1n) is 7.19. The highest BCUT2D eigenvalue weighted by atomic mass is 32.2. The van der Waals surface area contributed by atoms with Gasteiger partial charge in [-0.2, -0.15) is 11.8 Å². The molecule has 0 aliphatic heterocycles. The number of thioether (sulfide) groups is 1. The summed E-state index contributed by atoms with van der Waals surface area (Å²) >= 11 is 1.92. The largest absolute Gasteiger partial charge is 0.497 e. The van der Waals surface area contributed by atoms with E-state index in [-0.39, 0.29) is 0 Å². The van der Waals surface area contributed by atoms with Crippen molar-refractivity contribution in [3.05, 3.63) is 29.8 Å². The van der Waals surface area contributed by atoms with Crippen LogP contribution in [0.2, 0.25) is 0 Å². The number of benzene rings is 1. The third-order valence-corrected chi connectivity index (χ3v) is 4.09. The van der Waals surface area contributed by atoms with Gasteiger partial charge >= 0.3 is 0 Å². The van der Waals surface area contributed by atoms with E-state index < -0.39 is 0 Å². The van der Waals surface area contributed by atoms with Crippen LogP contribution in [0, 0.1) is 0 Å². The maximum absolute atomic E-state index is 5.31. The zero-order valence-electron chi connectivity index (χ0n) is 13.2. The number of methoxy groups -OCH3 is 1. The lowest BCUT2D eigenvalue weighted by atomic mass is 10.1. The summed E-state index contributed by atoms with van der Waals surface area (Å²) in [6.45, 7) is 2.06. The molecule has 0 spiro atoms. The molecule has 0 bridgehead atoms. The van der Waals surface area contributed by atoms with Crippen molar-refractivity contribution < 1.29 is 4.74 Å². The standard InChI is InChI=1S/C16H28N2OS/c1-18(2)16(13-17-10-5-6-11-20-4)14-8-7-9-15(12-14)19-3/h7-9,12,16-17H,5-6,10-11,13H2,1-4H3. The summed E-state index contributed by atoms with van der Waals surface area (Å²) in [7, 11) is 5.97. The van der Waals surface area contributed by atoms with Gasteiger partial charge in [0.25, 0.3) is 0 Å². The zero-order valence-corrected chi connectivity index (χ0v) is 14.0. The predicted octanol–water partition coefficient (Wildman–Crippen LogP) is 3.03. The fourth-order valence-electron chi connectivity index (χ4n) is 2.18. The molecule has 114 valence electrons. The van der Waals surface area contributed by atoms with Gasteiger partial charge in [0.05, 0.1) is 7.11 Å². The van der Waals surface area contributed by atoms with Crippen LogP contribution < -0.4 is 10.1 Å². The number of ether oxygens (including phenoxy) is 1. The summed E-state index contributed by atoms with van der Waals surface area (Å²) in [5.41, 5.74) is 1.30. The van der Waals surface area contributed by atoms with Crippen LogP contribution in [-0.4, -0.2) is 51.2 Å². The average molecular weight is 296 g/mol. The Hall–Kier alpha value is -0.710. The maximum Gasteiger partial charge on any atom is 0.119 e. The van der Waals surface area contributed by atoms with Crippen molar-refractivity contribution >= 4 is 11.8 Å². The zero-order chi connectivity index (χ0) is 14.8. The molecule has 1 N–H and O–H groups in total. The third kappa shape index (κ3) is 6.16. The lowest BCUT2D eigenvalue weighted by Gasteiger charge is -2.25. The van der Waals surface area contributed by atoms with E-state index in [0.29, 0.717) is 6.04 Å². The summed E-state index contributed by atoms with van der Waals surface area (Å²) in [6, 6.07) is 8.73. The van der Waals surface area contributed by atoms with Crippen molar-refractivity contribution in [1.29, 1.82) is 0 Å². The van der Waals surface area contributed by atoms with Gasteiger partial charge in [-0.05, 0) is 63.2 Å². The molecule has 3 nitrogen and oxygen atoms in total. The minimum absolute atomic E-state index is 0.380. The van der Waals surface area contributed by atoms with Gasteiger partial charge in [0.1, 0.15) is 5.75 Å². The Balaban J connectivity index is 2.47. The quantitative estimate of drug-likeness (QED) is 0.671. The monoisotopic (exact) mass is 296 g/mol. The summed E-state index contributed by atoms with van der Waals surface area (Å²) < 4.78 is 5.31. The number of rotatable bonds is 10. The van der Waals surface area contributed by atoms with Gasteiger partial charge in [-0.25, -0.2) is 0 Å². The second kappa shape index (κ2) is 10.1. The first kappa shape index (κ1) is 17.3. The molecule has 4 heteroatoms. The minimum Gasteiger partial charge on any atom is -0.497 e. The molecule has 1 rings (SSSR count). The van der Waals surface area contributed by atoms with E-state index in [2.05, 4.69) is 48.8 Å². The fraction of sp³-hybridized carbons (Fsp3) is 0.625. The van der Waals surface area contributed by atoms with Crippen molar-refractivity contribution in [2.24, 2.45) is 0 Å². The number of hydrogen-bond acceptors (Lipinski definition) is 4. The Morgan fingerprint density at radius 2 is 2.10 bits per heavy atom. The van der Waals surface area contributed by atoms with Gasteiger partial charge in [0, 0.05) is 12.6 Å². The normalized spacial score (nSPS) is 12.7. The fourth-order valence-corrected chi connectivity index (χ4v) is 2.68. The molecular weight excluding hydrogens is 268 g/mol. The number of unbranched alkanes of at least 4 members (excludes halogenated alkanes) is 1. The molecule has 0 saturated carbocycles. The van der Waals surface area contributed by atoms with Gasteiger partial charge in [-0.3, -0.25) is 0 Å². The molecule has 0 aliphatic carbocycles. The second-order valence-corrected chi connectivity index (χ2v) is 6.15. The Bertz CT molecular complexity index is 371. The van der Waals surface area contributed by atoms with Crippen molar-refractivity contribution in [2.75, 3.05) is 46.3 Å². The third-order valence-electron chi connectivity index (χ3n) is 3.39. The highest BCUT2D eigenvalue weighted by Gasteiger charge is 2.14. The van der Waals surface area contributed by atoms with Crippen LogP contribution in [0.4, 0.5) is 0 Å². The molecular formula is C16H28N2OS. The van der Waals surface area contributed by atoms with E-state index in [9.17, 15) is 0 Å². The highest BCUT2D eigenvalue weighted by molar-refractivity contribution is 7.98. The lowest BCUT2D eigenvalue weighted by Crippen LogP contribution is -2.31. The Labute approximate surface area is 128 Å². The SMILES string of the molecule is COc1cccc(C(CNCCCCSC)N(C)C)c1. The van der Waals surface area contributed by atoms with E-state index in [1.54, 1.807) is 7.11 Å². The van der Waals surface area contributed by atoms with Crippen LogP contribution in [0.5, 0.6) is 5.75 Å². The molecule has 0 aliphatic rings. The molecule has 0 saturated heterocycles. The van der Waals surface area contributed by atoms with E-state index in [4.69, 9.17) is 4.74 Å². The van der Waals surface area contributed by atoms with Crippen LogP contribution in [0.15, 0.2) is 24.3 Å². The highest BCUT2D eigenvalue weighted by Crippen LogP contribution is 2.22. The summed E-state index contributed by atoms with van der Waals surface area (Å²) in [4.78, 5) is 2.25. The van der Waals surface area contributed by atoms with Crippen LogP contribution in [-0.2, 0) is 0 Å². The molecule has 1 aromatic rings. The lowest BCUT2D eigenvalue weighted by molar-refractivity contribution is 0.287. The van der Waals surface area contributed by atoms with Crippen molar-refractivity contribution in [1.82, 2.24) is 10.2 Å². The minimum atomic E-state index is 0.380. The number of hydrogen-bond donors (Lipinski definition) is 1. The molecule has 1 aromatic carbocycles. The molecule has 0 radical (unpaired) electrons. The first-order valence-corrected chi connectivity index (χ1v) is 8.58. The smallest absolute Gasteiger partial charge is 0.119 e. The number of likely N-dealkylation sites (N-methyl/N-ethyl adjacent to an activating group) is 1. The second-order valence-electron chi connectivity index (χ2n) is 5.16. The molecule has 1 unspecified atom stereocenters. The van der Waals surface area contributed by atoms with Gasteiger partial charge < -0.3 is 15.0 Å². The Morgan fingerprint density at radius 3 is 2.75 bits per heavy atom. The van der Waals surface area contributed by atoms with Crippen LogP contribution >= 0.6 is 11.8 Å². The van der Waals surface area contributed by atoms with Crippen LogP contribution in [0.1, 0.15) is 24.4 Å². The summed E-state index contributed by atoms with van der Waals surface area (Å²) in [5, 5.41) is 3.57. The average Bonchev–Trinajstić information content (AvgIpc) is 2.46. The van der Waals surface area contributed by atoms with E-state index in [1.165, 1.54) is 24.2 Å². The van der Waals surface area contributed by atoms with E-state index >= 15 is 0 Å².